The molecule has 4 aromatic rings. The maximum atomic E-state index is 14.8. The molecule has 2 fully saturated rings. The van der Waals surface area contributed by atoms with Crippen LogP contribution in [0.2, 0.25) is 0 Å². The Morgan fingerprint density at radius 3 is 2.43 bits per heavy atom. The predicted octanol–water partition coefficient (Wildman–Crippen LogP) is 5.38. The van der Waals surface area contributed by atoms with Crippen LogP contribution in [0.15, 0.2) is 54.7 Å². The van der Waals surface area contributed by atoms with Gasteiger partial charge in [-0.15, -0.1) is 0 Å². The zero-order valence-electron chi connectivity index (χ0n) is 25.2. The van der Waals surface area contributed by atoms with Crippen molar-refractivity contribution in [2.24, 2.45) is 5.41 Å². The molecule has 0 aliphatic carbocycles. The van der Waals surface area contributed by atoms with Crippen LogP contribution in [0.4, 0.5) is 29.3 Å². The number of nitrogens with zero attached hydrogens (tertiary/aromatic N) is 5. The summed E-state index contributed by atoms with van der Waals surface area (Å²) in [6, 6.07) is 11.3. The molecule has 0 amide bonds. The Bertz CT molecular complexity index is 1770. The first-order valence-corrected chi connectivity index (χ1v) is 14.8. The summed E-state index contributed by atoms with van der Waals surface area (Å²) in [6.45, 7) is 4.95. The second kappa shape index (κ2) is 11.9. The molecule has 2 aliphatic rings. The Balaban J connectivity index is 1.31. The summed E-state index contributed by atoms with van der Waals surface area (Å²) < 4.78 is 65.7. The van der Waals surface area contributed by atoms with Crippen molar-refractivity contribution in [3.05, 3.63) is 77.4 Å². The average Bonchev–Trinajstić information content (AvgIpc) is 3.63. The lowest BCUT2D eigenvalue weighted by molar-refractivity contribution is -0.198. The number of hydrogen-bond acceptors (Lipinski definition) is 8. The Morgan fingerprint density at radius 2 is 1.80 bits per heavy atom. The molecule has 2 aliphatic heterocycles. The van der Waals surface area contributed by atoms with Gasteiger partial charge >= 0.3 is 12.1 Å². The van der Waals surface area contributed by atoms with E-state index in [0.717, 1.165) is 0 Å². The first-order chi connectivity index (χ1) is 21.8. The van der Waals surface area contributed by atoms with Gasteiger partial charge < -0.3 is 25.8 Å². The van der Waals surface area contributed by atoms with Crippen LogP contribution in [0.5, 0.6) is 5.88 Å². The number of hydrogen-bond donors (Lipinski definition) is 3. The molecule has 2 aromatic carbocycles. The van der Waals surface area contributed by atoms with E-state index in [9.17, 15) is 27.5 Å². The van der Waals surface area contributed by atoms with E-state index in [4.69, 9.17) is 10.5 Å². The highest BCUT2D eigenvalue weighted by molar-refractivity contribution is 5.74. The molecular weight excluding hydrogens is 606 g/mol. The van der Waals surface area contributed by atoms with E-state index in [1.807, 2.05) is 4.90 Å². The van der Waals surface area contributed by atoms with Crippen molar-refractivity contribution in [2.45, 2.75) is 51.4 Å². The van der Waals surface area contributed by atoms with Crippen LogP contribution in [0, 0.1) is 25.1 Å². The first kappa shape index (κ1) is 31.3. The van der Waals surface area contributed by atoms with Crippen LogP contribution in [-0.4, -0.2) is 62.7 Å². The Labute approximate surface area is 262 Å². The topological polar surface area (TPSA) is 131 Å². The van der Waals surface area contributed by atoms with E-state index in [0.29, 0.717) is 67.1 Å². The normalized spacial score (nSPS) is 18.6. The summed E-state index contributed by atoms with van der Waals surface area (Å²) in [5, 5.41) is 16.8. The second-order valence-corrected chi connectivity index (χ2v) is 12.1. The molecule has 14 heteroatoms. The maximum absolute atomic E-state index is 14.8. The zero-order chi connectivity index (χ0) is 32.8. The van der Waals surface area contributed by atoms with E-state index in [1.54, 1.807) is 38.2 Å². The maximum Gasteiger partial charge on any atom is 0.429 e. The summed E-state index contributed by atoms with van der Waals surface area (Å²) in [6.07, 6.45) is -3.91. The van der Waals surface area contributed by atoms with Gasteiger partial charge in [0.25, 0.3) is 0 Å². The van der Waals surface area contributed by atoms with Crippen molar-refractivity contribution in [2.75, 3.05) is 30.3 Å². The number of alkyl halides is 3. The summed E-state index contributed by atoms with van der Waals surface area (Å²) >= 11 is 0. The minimum Gasteiger partial charge on any atom is -0.480 e. The van der Waals surface area contributed by atoms with Crippen LogP contribution in [0.25, 0.3) is 16.8 Å². The van der Waals surface area contributed by atoms with Crippen molar-refractivity contribution in [1.29, 1.82) is 0 Å². The number of carbonyl (C=O) groups is 1. The number of halogens is 4. The van der Waals surface area contributed by atoms with Crippen molar-refractivity contribution in [3.8, 4) is 22.7 Å². The third-order valence-corrected chi connectivity index (χ3v) is 8.84. The molecule has 0 bridgehead atoms. The quantitative estimate of drug-likeness (QED) is 0.228. The fourth-order valence-corrected chi connectivity index (χ4v) is 6.23. The molecule has 242 valence electrons. The molecule has 4 N–H and O–H groups in total. The number of aliphatic carboxylic acids is 1. The van der Waals surface area contributed by atoms with E-state index < -0.39 is 30.1 Å². The summed E-state index contributed by atoms with van der Waals surface area (Å²) in [4.78, 5) is 21.6. The Morgan fingerprint density at radius 1 is 1.09 bits per heavy atom. The molecule has 2 atom stereocenters. The van der Waals surface area contributed by atoms with Gasteiger partial charge in [-0.3, -0.25) is 4.79 Å². The van der Waals surface area contributed by atoms with Gasteiger partial charge in [-0.2, -0.15) is 28.2 Å². The van der Waals surface area contributed by atoms with Gasteiger partial charge in [-0.25, -0.2) is 9.07 Å². The Hall–Kier alpha value is -4.72. The molecular formula is C32H33F4N7O3. The lowest BCUT2D eigenvalue weighted by Gasteiger charge is -2.39. The van der Waals surface area contributed by atoms with Crippen molar-refractivity contribution in [1.82, 2.24) is 25.1 Å². The summed E-state index contributed by atoms with van der Waals surface area (Å²) in [5.74, 6) is -1.60. The number of nitrogen functional groups attached to an aromatic ring is 1. The molecule has 1 unspecified atom stereocenters. The van der Waals surface area contributed by atoms with Crippen molar-refractivity contribution >= 4 is 17.7 Å². The van der Waals surface area contributed by atoms with E-state index in [1.165, 1.54) is 35.0 Å². The number of rotatable bonds is 7. The highest BCUT2D eigenvalue weighted by Crippen LogP contribution is 2.43. The molecule has 1 spiro atoms. The molecule has 0 saturated carbocycles. The molecule has 6 rings (SSSR count). The van der Waals surface area contributed by atoms with E-state index >= 15 is 0 Å². The number of aromatic nitrogens is 4. The van der Waals surface area contributed by atoms with E-state index in [2.05, 4.69) is 20.4 Å². The van der Waals surface area contributed by atoms with Gasteiger partial charge in [0, 0.05) is 37.5 Å². The lowest BCUT2D eigenvalue weighted by atomic mass is 9.76. The fraction of sp³-hybridized carbons (Fsp3) is 0.375. The minimum absolute atomic E-state index is 0.0994. The average molecular weight is 640 g/mol. The number of carboxylic acid groups (broad SMARTS) is 1. The zero-order valence-corrected chi connectivity index (χ0v) is 25.2. The van der Waals surface area contributed by atoms with Crippen molar-refractivity contribution < 1.29 is 32.2 Å². The number of aryl methyl sites for hydroxylation is 2. The number of carboxylic acids is 1. The molecule has 46 heavy (non-hydrogen) atoms. The highest BCUT2D eigenvalue weighted by atomic mass is 19.4. The van der Waals surface area contributed by atoms with Crippen molar-refractivity contribution in [3.63, 3.8) is 0 Å². The van der Waals surface area contributed by atoms with Gasteiger partial charge in [0.1, 0.15) is 17.7 Å². The molecule has 10 nitrogen and oxygen atoms in total. The molecule has 2 saturated heterocycles. The molecule has 4 heterocycles. The number of nitrogens with two attached hydrogens (primary N) is 1. The predicted molar refractivity (Wildman–Crippen MR) is 162 cm³/mol. The lowest BCUT2D eigenvalue weighted by Crippen LogP contribution is -2.41. The number of piperidine rings is 1. The smallest absolute Gasteiger partial charge is 0.429 e. The fourth-order valence-electron chi connectivity index (χ4n) is 6.23. The van der Waals surface area contributed by atoms with Crippen LogP contribution in [0.3, 0.4) is 0 Å². The summed E-state index contributed by atoms with van der Waals surface area (Å²) in [5.41, 5.74) is 7.68. The van der Waals surface area contributed by atoms with E-state index in [-0.39, 0.29) is 28.5 Å². The largest absolute Gasteiger partial charge is 0.480 e. The third kappa shape index (κ3) is 6.34. The van der Waals surface area contributed by atoms with Crippen LogP contribution in [-0.2, 0) is 4.79 Å². The number of benzene rings is 2. The van der Waals surface area contributed by atoms with Gasteiger partial charge in [0.2, 0.25) is 17.9 Å². The SMILES string of the molecule is Cc1ccn(-c2cc(-c3ccc(C)c(F)c3)ccc2C(Oc2cc(N3CCC4(CC3)CN[C@H](C(=O)O)C4)nc(N)n2)C(F)(F)F)n1. The third-order valence-electron chi connectivity index (χ3n) is 8.84. The number of nitrogens with one attached hydrogen (secondary N) is 1. The van der Waals surface area contributed by atoms with Crippen LogP contribution < -0.4 is 20.7 Å². The van der Waals surface area contributed by atoms with Crippen LogP contribution >= 0.6 is 0 Å². The second-order valence-electron chi connectivity index (χ2n) is 12.1. The highest BCUT2D eigenvalue weighted by Gasteiger charge is 2.46. The van der Waals surface area contributed by atoms with Gasteiger partial charge in [-0.1, -0.05) is 24.3 Å². The monoisotopic (exact) mass is 639 g/mol. The number of ether oxygens (including phenoxy) is 1. The summed E-state index contributed by atoms with van der Waals surface area (Å²) in [7, 11) is 0. The van der Waals surface area contributed by atoms with Gasteiger partial charge in [0.05, 0.1) is 11.4 Å². The van der Waals surface area contributed by atoms with Crippen LogP contribution in [0.1, 0.15) is 42.2 Å². The molecule has 2 aromatic heterocycles. The van der Waals surface area contributed by atoms with Gasteiger partial charge in [-0.05, 0) is 73.4 Å². The molecule has 0 radical (unpaired) electrons. The first-order valence-electron chi connectivity index (χ1n) is 14.8. The number of anilines is 2. The van der Waals surface area contributed by atoms with Gasteiger partial charge in [0.15, 0.2) is 0 Å². The minimum atomic E-state index is -4.87. The standard InChI is InChI=1S/C32H33F4N7O3/c1-18-3-4-20(13-23(18)33)21-5-6-22(25(14-21)43-10-7-19(2)41-43)28(32(34,35)36)46-27-15-26(39-30(37)40-27)42-11-8-31(9-12-42)16-24(29(44)45)38-17-31/h3-7,10,13-15,24,28,38H,8-9,11-12,16-17H2,1-2H3,(H,44,45)(H2,37,39,40)/t24-,28?/m0/s1. The Kier molecular flexibility index (Phi) is 8.09.